The van der Waals surface area contributed by atoms with E-state index in [-0.39, 0.29) is 11.5 Å². The molecule has 1 aromatic carbocycles. The Kier molecular flexibility index (Phi) is 5.82. The number of benzene rings is 1. The first-order valence-corrected chi connectivity index (χ1v) is 7.95. The second-order valence-electron chi connectivity index (χ2n) is 7.38. The van der Waals surface area contributed by atoms with Crippen LogP contribution in [0.3, 0.4) is 0 Å². The fraction of sp³-hybridized carbons (Fsp3) is 0.684. The second-order valence-corrected chi connectivity index (χ2v) is 7.38. The minimum absolute atomic E-state index is 0.183. The van der Waals surface area contributed by atoms with Crippen molar-refractivity contribution in [1.29, 1.82) is 0 Å². The lowest BCUT2D eigenvalue weighted by atomic mass is 9.82. The maximum absolute atomic E-state index is 10.4. The van der Waals surface area contributed by atoms with Crippen LogP contribution in [0.4, 0.5) is 0 Å². The molecule has 0 fully saturated rings. The van der Waals surface area contributed by atoms with E-state index >= 15 is 0 Å². The number of rotatable bonds is 5. The zero-order chi connectivity index (χ0) is 15.5. The molecule has 1 N–H and O–H groups in total. The molecule has 0 amide bonds. The molecule has 0 radical (unpaired) electrons. The lowest BCUT2D eigenvalue weighted by molar-refractivity contribution is 0.111. The molecular weight excluding hydrogens is 244 g/mol. The Morgan fingerprint density at radius 2 is 1.60 bits per heavy atom. The normalized spacial score (nSPS) is 15.2. The van der Waals surface area contributed by atoms with E-state index in [4.69, 9.17) is 0 Å². The van der Waals surface area contributed by atoms with E-state index in [9.17, 15) is 5.11 Å². The van der Waals surface area contributed by atoms with E-state index in [0.717, 1.165) is 19.3 Å². The maximum atomic E-state index is 10.4. The fourth-order valence-electron chi connectivity index (χ4n) is 2.81. The molecule has 2 unspecified atom stereocenters. The summed E-state index contributed by atoms with van der Waals surface area (Å²) in [5, 5.41) is 10.4. The topological polar surface area (TPSA) is 20.2 Å². The van der Waals surface area contributed by atoms with E-state index in [1.165, 1.54) is 22.3 Å². The molecule has 1 rings (SSSR count). The Hall–Kier alpha value is -0.820. The summed E-state index contributed by atoms with van der Waals surface area (Å²) < 4.78 is 0. The van der Waals surface area contributed by atoms with E-state index in [1.807, 2.05) is 0 Å². The smallest absolute Gasteiger partial charge is 0.0606 e. The first kappa shape index (κ1) is 17.2. The highest BCUT2D eigenvalue weighted by molar-refractivity contribution is 5.40. The molecule has 0 aliphatic rings. The van der Waals surface area contributed by atoms with Crippen LogP contribution in [0.15, 0.2) is 12.1 Å². The Morgan fingerprint density at radius 3 is 2.00 bits per heavy atom. The van der Waals surface area contributed by atoms with Gasteiger partial charge in [-0.15, -0.1) is 0 Å². The Bertz CT molecular complexity index is 417. The first-order chi connectivity index (χ1) is 9.16. The third-order valence-electron chi connectivity index (χ3n) is 4.38. The van der Waals surface area contributed by atoms with Crippen LogP contribution in [0.25, 0.3) is 0 Å². The van der Waals surface area contributed by atoms with Gasteiger partial charge in [0.1, 0.15) is 0 Å². The fourth-order valence-corrected chi connectivity index (χ4v) is 2.81. The number of aliphatic hydroxyl groups is 1. The van der Waals surface area contributed by atoms with Crippen LogP contribution in [0.5, 0.6) is 0 Å². The van der Waals surface area contributed by atoms with E-state index < -0.39 is 0 Å². The van der Waals surface area contributed by atoms with Crippen LogP contribution in [0.1, 0.15) is 69.7 Å². The largest absolute Gasteiger partial charge is 0.393 e. The molecular formula is C19H32O. The van der Waals surface area contributed by atoms with Gasteiger partial charge in [0.05, 0.1) is 6.10 Å². The number of aliphatic hydroxyl groups excluding tert-OH is 1. The van der Waals surface area contributed by atoms with E-state index in [1.54, 1.807) is 0 Å². The zero-order valence-corrected chi connectivity index (χ0v) is 14.4. The molecule has 0 saturated heterocycles. The average Bonchev–Trinajstić information content (AvgIpc) is 2.32. The van der Waals surface area contributed by atoms with Crippen molar-refractivity contribution in [2.45, 2.75) is 79.2 Å². The van der Waals surface area contributed by atoms with Crippen LogP contribution in [0.2, 0.25) is 0 Å². The van der Waals surface area contributed by atoms with E-state index in [2.05, 4.69) is 60.6 Å². The summed E-state index contributed by atoms with van der Waals surface area (Å²) in [6.45, 7) is 15.4. The Balaban J connectivity index is 2.97. The lowest BCUT2D eigenvalue weighted by Gasteiger charge is -2.24. The third kappa shape index (κ3) is 4.34. The number of aryl methyl sites for hydroxylation is 2. The van der Waals surface area contributed by atoms with Crippen molar-refractivity contribution in [3.8, 4) is 0 Å². The number of hydrogen-bond acceptors (Lipinski definition) is 1. The van der Waals surface area contributed by atoms with Crippen molar-refractivity contribution in [2.24, 2.45) is 5.92 Å². The summed E-state index contributed by atoms with van der Waals surface area (Å²) in [4.78, 5) is 0. The summed E-state index contributed by atoms with van der Waals surface area (Å²) >= 11 is 0. The predicted molar refractivity (Wildman–Crippen MR) is 88.4 cm³/mol. The molecule has 0 heterocycles. The predicted octanol–water partition coefficient (Wildman–Crippen LogP) is 4.94. The highest BCUT2D eigenvalue weighted by Gasteiger charge is 2.19. The molecule has 114 valence electrons. The first-order valence-electron chi connectivity index (χ1n) is 7.95. The minimum Gasteiger partial charge on any atom is -0.393 e. The molecule has 0 aromatic heterocycles. The molecule has 1 heteroatoms. The Morgan fingerprint density at radius 1 is 1.10 bits per heavy atom. The standard InChI is InChI=1S/C19H32O/c1-8-9-13(2)18(20)12-17-14(3)10-16(11-15(17)4)19(5,6)7/h10-11,13,18,20H,8-9,12H2,1-7H3. The molecule has 0 aliphatic carbocycles. The average molecular weight is 276 g/mol. The van der Waals surface area contributed by atoms with Gasteiger partial charge < -0.3 is 5.11 Å². The zero-order valence-electron chi connectivity index (χ0n) is 14.4. The molecule has 0 bridgehead atoms. The lowest BCUT2D eigenvalue weighted by Crippen LogP contribution is -2.22. The molecule has 20 heavy (non-hydrogen) atoms. The van der Waals surface area contributed by atoms with Crippen molar-refractivity contribution in [3.63, 3.8) is 0 Å². The van der Waals surface area contributed by atoms with E-state index in [0.29, 0.717) is 5.92 Å². The van der Waals surface area contributed by atoms with Crippen molar-refractivity contribution in [1.82, 2.24) is 0 Å². The van der Waals surface area contributed by atoms with Gasteiger partial charge in [-0.05, 0) is 60.3 Å². The Labute approximate surface area is 125 Å². The van der Waals surface area contributed by atoms with Crippen molar-refractivity contribution in [2.75, 3.05) is 0 Å². The SMILES string of the molecule is CCCC(C)C(O)Cc1c(C)cc(C(C)(C)C)cc1C. The van der Waals surface area contributed by atoms with Crippen molar-refractivity contribution in [3.05, 3.63) is 34.4 Å². The highest BCUT2D eigenvalue weighted by atomic mass is 16.3. The van der Waals surface area contributed by atoms with Gasteiger partial charge in [-0.2, -0.15) is 0 Å². The van der Waals surface area contributed by atoms with Gasteiger partial charge in [0.25, 0.3) is 0 Å². The van der Waals surface area contributed by atoms with Crippen LogP contribution in [0, 0.1) is 19.8 Å². The molecule has 1 aromatic rings. The van der Waals surface area contributed by atoms with Gasteiger partial charge in [-0.3, -0.25) is 0 Å². The molecule has 0 spiro atoms. The van der Waals surface area contributed by atoms with Gasteiger partial charge in [0.15, 0.2) is 0 Å². The van der Waals surface area contributed by atoms with Crippen LogP contribution in [-0.2, 0) is 11.8 Å². The van der Waals surface area contributed by atoms with Crippen LogP contribution in [-0.4, -0.2) is 11.2 Å². The number of hydrogen-bond donors (Lipinski definition) is 1. The third-order valence-corrected chi connectivity index (χ3v) is 4.38. The second kappa shape index (κ2) is 6.76. The van der Waals surface area contributed by atoms with Gasteiger partial charge in [0.2, 0.25) is 0 Å². The van der Waals surface area contributed by atoms with Gasteiger partial charge >= 0.3 is 0 Å². The summed E-state index contributed by atoms with van der Waals surface area (Å²) in [5.74, 6) is 0.376. The monoisotopic (exact) mass is 276 g/mol. The summed E-state index contributed by atoms with van der Waals surface area (Å²) in [6, 6.07) is 4.58. The summed E-state index contributed by atoms with van der Waals surface area (Å²) in [7, 11) is 0. The quantitative estimate of drug-likeness (QED) is 0.807. The molecule has 2 atom stereocenters. The summed E-state index contributed by atoms with van der Waals surface area (Å²) in [6.07, 6.45) is 2.79. The molecule has 0 saturated carbocycles. The van der Waals surface area contributed by atoms with Crippen LogP contribution < -0.4 is 0 Å². The van der Waals surface area contributed by atoms with Crippen molar-refractivity contribution >= 4 is 0 Å². The minimum atomic E-state index is -0.229. The van der Waals surface area contributed by atoms with Gasteiger partial charge in [-0.25, -0.2) is 0 Å². The maximum Gasteiger partial charge on any atom is 0.0606 e. The highest BCUT2D eigenvalue weighted by Crippen LogP contribution is 2.28. The van der Waals surface area contributed by atoms with Crippen LogP contribution >= 0.6 is 0 Å². The van der Waals surface area contributed by atoms with Crippen molar-refractivity contribution < 1.29 is 5.11 Å². The summed E-state index contributed by atoms with van der Waals surface area (Å²) in [5.41, 5.74) is 5.53. The molecule has 0 aliphatic heterocycles. The van der Waals surface area contributed by atoms with Gasteiger partial charge in [-0.1, -0.05) is 53.2 Å². The van der Waals surface area contributed by atoms with Gasteiger partial charge in [0, 0.05) is 0 Å². The molecule has 1 nitrogen and oxygen atoms in total.